The highest BCUT2D eigenvalue weighted by Gasteiger charge is 2.40. The molecule has 1 aromatic heterocycles. The Balaban J connectivity index is 1.04. The van der Waals surface area contributed by atoms with Gasteiger partial charge in [0.05, 0.1) is 35.7 Å². The first-order valence-electron chi connectivity index (χ1n) is 14.4. The van der Waals surface area contributed by atoms with Crippen molar-refractivity contribution in [3.63, 3.8) is 0 Å². The van der Waals surface area contributed by atoms with Crippen LogP contribution in [0.1, 0.15) is 39.9 Å². The number of carbonyl (C=O) groups is 2. The van der Waals surface area contributed by atoms with Gasteiger partial charge < -0.3 is 15.3 Å². The van der Waals surface area contributed by atoms with Crippen LogP contribution in [0.15, 0.2) is 60.9 Å². The number of rotatable bonds is 6. The first-order valence-corrected chi connectivity index (χ1v) is 14.4. The Kier molecular flexibility index (Phi) is 6.80. The lowest BCUT2D eigenvalue weighted by molar-refractivity contribution is -0.128. The lowest BCUT2D eigenvalue weighted by Crippen LogP contribution is -2.55. The van der Waals surface area contributed by atoms with E-state index in [1.165, 1.54) is 6.07 Å². The number of aliphatic hydroxyl groups is 1. The average molecular weight is 580 g/mol. The molecule has 3 aromatic carbocycles. The SMILES string of the molecule is N#Cc1ccc(N2CCN(Cc3cnn(Cc4ccc5c6c(cccc46)C(=O)N5[C@H]4CCC(O)NC4=O)c3)CC2)c(F)c1. The van der Waals surface area contributed by atoms with Crippen molar-refractivity contribution in [2.24, 2.45) is 0 Å². The number of carbonyl (C=O) groups excluding carboxylic acids is 2. The van der Waals surface area contributed by atoms with Gasteiger partial charge in [-0.25, -0.2) is 4.39 Å². The van der Waals surface area contributed by atoms with Crippen LogP contribution >= 0.6 is 0 Å². The number of piperazine rings is 1. The molecule has 0 aliphatic carbocycles. The molecular weight excluding hydrogens is 549 g/mol. The fourth-order valence-corrected chi connectivity index (χ4v) is 6.53. The largest absolute Gasteiger partial charge is 0.374 e. The van der Waals surface area contributed by atoms with E-state index in [1.54, 1.807) is 23.1 Å². The van der Waals surface area contributed by atoms with E-state index in [1.807, 2.05) is 52.3 Å². The third kappa shape index (κ3) is 4.88. The van der Waals surface area contributed by atoms with E-state index in [2.05, 4.69) is 15.3 Å². The second-order valence-corrected chi connectivity index (χ2v) is 11.4. The van der Waals surface area contributed by atoms with Gasteiger partial charge in [0.25, 0.3) is 5.91 Å². The minimum absolute atomic E-state index is 0.197. The van der Waals surface area contributed by atoms with Gasteiger partial charge in [0, 0.05) is 55.4 Å². The maximum atomic E-state index is 14.5. The van der Waals surface area contributed by atoms with Crippen LogP contribution in [0.5, 0.6) is 0 Å². The molecule has 11 heteroatoms. The monoisotopic (exact) mass is 579 g/mol. The van der Waals surface area contributed by atoms with Crippen molar-refractivity contribution in [2.45, 2.75) is 38.2 Å². The first-order chi connectivity index (χ1) is 20.9. The third-order valence-corrected chi connectivity index (χ3v) is 8.67. The Morgan fingerprint density at radius 2 is 1.84 bits per heavy atom. The van der Waals surface area contributed by atoms with Crippen molar-refractivity contribution in [2.75, 3.05) is 36.0 Å². The number of anilines is 2. The maximum absolute atomic E-state index is 14.5. The summed E-state index contributed by atoms with van der Waals surface area (Å²) in [5.74, 6) is -0.907. The molecule has 1 unspecified atom stereocenters. The highest BCUT2D eigenvalue weighted by molar-refractivity contribution is 6.27. The number of nitrogens with one attached hydrogen (secondary N) is 1. The van der Waals surface area contributed by atoms with Crippen LogP contribution < -0.4 is 15.1 Å². The smallest absolute Gasteiger partial charge is 0.259 e. The molecule has 0 bridgehead atoms. The molecular formula is C32H30FN7O3. The molecule has 0 spiro atoms. The Hall–Kier alpha value is -4.79. The zero-order valence-electron chi connectivity index (χ0n) is 23.4. The molecule has 4 aromatic rings. The summed E-state index contributed by atoms with van der Waals surface area (Å²) < 4.78 is 16.4. The number of benzene rings is 3. The lowest BCUT2D eigenvalue weighted by Gasteiger charge is -2.36. The van der Waals surface area contributed by atoms with Gasteiger partial charge in [-0.05, 0) is 54.1 Å². The zero-order valence-corrected chi connectivity index (χ0v) is 23.4. The summed E-state index contributed by atoms with van der Waals surface area (Å²) in [6, 6.07) is 15.5. The van der Waals surface area contributed by atoms with E-state index < -0.39 is 12.3 Å². The van der Waals surface area contributed by atoms with Crippen LogP contribution in [0.25, 0.3) is 10.8 Å². The molecule has 0 radical (unpaired) electrons. The Labute approximate surface area is 247 Å². The number of amides is 2. The van der Waals surface area contributed by atoms with Crippen molar-refractivity contribution in [3.8, 4) is 6.07 Å². The molecule has 2 atom stereocenters. The Bertz CT molecular complexity index is 1790. The number of aliphatic hydroxyl groups excluding tert-OH is 1. The van der Waals surface area contributed by atoms with E-state index in [-0.39, 0.29) is 17.6 Å². The molecule has 10 nitrogen and oxygen atoms in total. The van der Waals surface area contributed by atoms with E-state index >= 15 is 0 Å². The summed E-state index contributed by atoms with van der Waals surface area (Å²) in [5, 5.41) is 27.8. The number of piperidine rings is 1. The van der Waals surface area contributed by atoms with Crippen LogP contribution in [0.2, 0.25) is 0 Å². The van der Waals surface area contributed by atoms with E-state index in [4.69, 9.17) is 5.26 Å². The van der Waals surface area contributed by atoms with E-state index in [9.17, 15) is 19.1 Å². The van der Waals surface area contributed by atoms with Crippen molar-refractivity contribution in [1.29, 1.82) is 5.26 Å². The van der Waals surface area contributed by atoms with Crippen LogP contribution in [0, 0.1) is 17.1 Å². The standard InChI is InChI=1S/C32H30FN7O3/c33-25-14-20(15-34)4-6-26(25)38-12-10-37(11-13-38)17-21-16-35-39(18-21)19-22-5-7-27-30-23(22)2-1-3-24(30)32(43)40(27)28-8-9-29(41)36-31(28)42/h1-7,14,16,18,28-29,41H,8-13,17,19H2,(H,36,42)/t28-,29?/m0/s1. The number of nitrogens with zero attached hydrogens (tertiary/aromatic N) is 6. The molecule has 218 valence electrons. The molecule has 3 aliphatic rings. The molecule has 7 rings (SSSR count). The number of halogens is 1. The van der Waals surface area contributed by atoms with Crippen molar-refractivity contribution in [3.05, 3.63) is 89.0 Å². The second kappa shape index (κ2) is 10.8. The minimum Gasteiger partial charge on any atom is -0.374 e. The summed E-state index contributed by atoms with van der Waals surface area (Å²) in [6.07, 6.45) is 3.81. The molecule has 2 fully saturated rings. The molecule has 2 amide bonds. The molecule has 2 saturated heterocycles. The number of nitriles is 1. The van der Waals surface area contributed by atoms with Gasteiger partial charge in [0.1, 0.15) is 18.1 Å². The van der Waals surface area contributed by atoms with Gasteiger partial charge >= 0.3 is 0 Å². The van der Waals surface area contributed by atoms with Crippen LogP contribution in [-0.2, 0) is 17.9 Å². The molecule has 3 aliphatic heterocycles. The highest BCUT2D eigenvalue weighted by atomic mass is 19.1. The topological polar surface area (TPSA) is 118 Å². The predicted octanol–water partition coefficient (Wildman–Crippen LogP) is 2.97. The summed E-state index contributed by atoms with van der Waals surface area (Å²) in [7, 11) is 0. The van der Waals surface area contributed by atoms with Gasteiger partial charge in [-0.1, -0.05) is 18.2 Å². The fourth-order valence-electron chi connectivity index (χ4n) is 6.53. The summed E-state index contributed by atoms with van der Waals surface area (Å²) in [5.41, 5.74) is 4.25. The molecule has 4 heterocycles. The maximum Gasteiger partial charge on any atom is 0.259 e. The van der Waals surface area contributed by atoms with Gasteiger partial charge in [-0.2, -0.15) is 10.4 Å². The molecule has 2 N–H and O–H groups in total. The van der Waals surface area contributed by atoms with Gasteiger partial charge in [-0.3, -0.25) is 24.1 Å². The molecule has 43 heavy (non-hydrogen) atoms. The quantitative estimate of drug-likeness (QED) is 0.361. The lowest BCUT2D eigenvalue weighted by atomic mass is 10.00. The highest BCUT2D eigenvalue weighted by Crippen LogP contribution is 2.41. The Morgan fingerprint density at radius 3 is 2.60 bits per heavy atom. The van der Waals surface area contributed by atoms with Crippen molar-refractivity contribution >= 4 is 34.0 Å². The second-order valence-electron chi connectivity index (χ2n) is 11.4. The van der Waals surface area contributed by atoms with Crippen LogP contribution in [0.4, 0.5) is 15.8 Å². The number of aromatic nitrogens is 2. The number of hydrogen-bond donors (Lipinski definition) is 2. The van der Waals surface area contributed by atoms with Crippen molar-refractivity contribution < 1.29 is 19.1 Å². The summed E-state index contributed by atoms with van der Waals surface area (Å²) >= 11 is 0. The van der Waals surface area contributed by atoms with Crippen LogP contribution in [0.3, 0.4) is 0 Å². The predicted molar refractivity (Wildman–Crippen MR) is 158 cm³/mol. The molecule has 0 saturated carbocycles. The van der Waals surface area contributed by atoms with Gasteiger partial charge in [0.2, 0.25) is 5.91 Å². The first kappa shape index (κ1) is 27.1. The average Bonchev–Trinajstić information content (AvgIpc) is 3.57. The summed E-state index contributed by atoms with van der Waals surface area (Å²) in [6.45, 7) is 4.20. The summed E-state index contributed by atoms with van der Waals surface area (Å²) in [4.78, 5) is 32.0. The van der Waals surface area contributed by atoms with Crippen LogP contribution in [-0.4, -0.2) is 70.1 Å². The normalized spacial score (nSPS) is 20.5. The fraction of sp³-hybridized carbons (Fsp3) is 0.312. The zero-order chi connectivity index (χ0) is 29.7. The van der Waals surface area contributed by atoms with Gasteiger partial charge in [0.15, 0.2) is 0 Å². The third-order valence-electron chi connectivity index (χ3n) is 8.67. The van der Waals surface area contributed by atoms with E-state index in [0.717, 1.165) is 47.2 Å². The van der Waals surface area contributed by atoms with Crippen molar-refractivity contribution in [1.82, 2.24) is 20.0 Å². The minimum atomic E-state index is -0.881. The number of hydrogen-bond acceptors (Lipinski definition) is 7. The van der Waals surface area contributed by atoms with Gasteiger partial charge in [-0.15, -0.1) is 0 Å². The van der Waals surface area contributed by atoms with E-state index in [0.29, 0.717) is 49.3 Å². The Morgan fingerprint density at radius 1 is 1.02 bits per heavy atom.